The van der Waals surface area contributed by atoms with Crippen molar-refractivity contribution in [3.8, 4) is 0 Å². The van der Waals surface area contributed by atoms with Crippen LogP contribution in [0.2, 0.25) is 0 Å². The Bertz CT molecular complexity index is 516. The van der Waals surface area contributed by atoms with Crippen molar-refractivity contribution in [2.75, 3.05) is 0 Å². The average Bonchev–Trinajstić information content (AvgIpc) is 2.78. The van der Waals surface area contributed by atoms with Gasteiger partial charge in [-0.15, -0.1) is 0 Å². The Hall–Kier alpha value is -1.95. The van der Waals surface area contributed by atoms with E-state index in [4.69, 9.17) is 5.73 Å². The molecule has 6 heteroatoms. The lowest BCUT2D eigenvalue weighted by atomic mass is 10.00. The van der Waals surface area contributed by atoms with Gasteiger partial charge in [-0.1, -0.05) is 0 Å². The van der Waals surface area contributed by atoms with E-state index in [0.717, 1.165) is 12.8 Å². The van der Waals surface area contributed by atoms with Crippen LogP contribution in [0.1, 0.15) is 46.5 Å². The molecule has 3 heterocycles. The van der Waals surface area contributed by atoms with Gasteiger partial charge in [0, 0.05) is 24.3 Å². The molecule has 2 unspecified atom stereocenters. The van der Waals surface area contributed by atoms with E-state index in [9.17, 15) is 9.59 Å². The zero-order valence-electron chi connectivity index (χ0n) is 11.1. The monoisotopic (exact) mass is 274 g/mol. The number of fused-ring (bicyclic) bond motifs is 2. The first-order valence-electron chi connectivity index (χ1n) is 6.94. The van der Waals surface area contributed by atoms with E-state index in [2.05, 4.69) is 15.6 Å². The highest BCUT2D eigenvalue weighted by Crippen LogP contribution is 2.26. The number of nitrogens with two attached hydrogens (primary N) is 1. The lowest BCUT2D eigenvalue weighted by Gasteiger charge is -2.29. The van der Waals surface area contributed by atoms with Gasteiger partial charge in [0.2, 0.25) is 5.91 Å². The zero-order chi connectivity index (χ0) is 14.1. The summed E-state index contributed by atoms with van der Waals surface area (Å²) in [5.74, 6) is -0.730. The van der Waals surface area contributed by atoms with E-state index in [1.165, 1.54) is 31.2 Å². The van der Waals surface area contributed by atoms with Gasteiger partial charge in [-0.3, -0.25) is 14.6 Å². The number of hydrogen-bond donors (Lipinski definition) is 3. The summed E-state index contributed by atoms with van der Waals surface area (Å²) in [5.41, 5.74) is 5.77. The fourth-order valence-corrected chi connectivity index (χ4v) is 3.11. The molecule has 2 amide bonds. The maximum absolute atomic E-state index is 12.1. The predicted molar refractivity (Wildman–Crippen MR) is 73.2 cm³/mol. The molecule has 0 radical (unpaired) electrons. The van der Waals surface area contributed by atoms with Crippen molar-refractivity contribution >= 4 is 11.8 Å². The summed E-state index contributed by atoms with van der Waals surface area (Å²) in [7, 11) is 0. The van der Waals surface area contributed by atoms with Gasteiger partial charge in [-0.2, -0.15) is 0 Å². The molecule has 2 bridgehead atoms. The van der Waals surface area contributed by atoms with Crippen LogP contribution in [0.15, 0.2) is 18.3 Å². The standard InChI is InChI=1S/C14H18N4O2/c15-13(19)8-1-4-12(16-7-8)14(20)18-11-5-9-2-3-10(6-11)17-9/h1,4,7,9-11,17H,2-3,5-6H2,(H2,15,19)(H,18,20). The molecule has 106 valence electrons. The van der Waals surface area contributed by atoms with Crippen LogP contribution in [-0.2, 0) is 0 Å². The van der Waals surface area contributed by atoms with E-state index in [-0.39, 0.29) is 11.9 Å². The van der Waals surface area contributed by atoms with E-state index in [0.29, 0.717) is 23.3 Å². The van der Waals surface area contributed by atoms with Crippen LogP contribution in [-0.4, -0.2) is 34.9 Å². The number of carbonyl (C=O) groups is 2. The summed E-state index contributed by atoms with van der Waals surface area (Å²) >= 11 is 0. The maximum Gasteiger partial charge on any atom is 0.270 e. The van der Waals surface area contributed by atoms with Crippen LogP contribution in [0.5, 0.6) is 0 Å². The van der Waals surface area contributed by atoms with Gasteiger partial charge >= 0.3 is 0 Å². The van der Waals surface area contributed by atoms with Crippen LogP contribution in [0.4, 0.5) is 0 Å². The highest BCUT2D eigenvalue weighted by molar-refractivity contribution is 5.95. The average molecular weight is 274 g/mol. The van der Waals surface area contributed by atoms with Crippen molar-refractivity contribution in [3.05, 3.63) is 29.6 Å². The van der Waals surface area contributed by atoms with E-state index in [1.54, 1.807) is 0 Å². The molecule has 0 aliphatic carbocycles. The number of nitrogens with zero attached hydrogens (tertiary/aromatic N) is 1. The number of amides is 2. The first kappa shape index (κ1) is 13.1. The summed E-state index contributed by atoms with van der Waals surface area (Å²) in [6.07, 6.45) is 5.68. The Morgan fingerprint density at radius 3 is 2.50 bits per heavy atom. The fraction of sp³-hybridized carbons (Fsp3) is 0.500. The van der Waals surface area contributed by atoms with Crippen molar-refractivity contribution < 1.29 is 9.59 Å². The topological polar surface area (TPSA) is 97.1 Å². The van der Waals surface area contributed by atoms with Gasteiger partial charge in [0.05, 0.1) is 5.56 Å². The number of piperidine rings is 1. The fourth-order valence-electron chi connectivity index (χ4n) is 3.11. The van der Waals surface area contributed by atoms with E-state index >= 15 is 0 Å². The van der Waals surface area contributed by atoms with Gasteiger partial charge in [-0.05, 0) is 37.8 Å². The minimum Gasteiger partial charge on any atom is -0.366 e. The van der Waals surface area contributed by atoms with Crippen LogP contribution >= 0.6 is 0 Å². The second-order valence-electron chi connectivity index (χ2n) is 5.58. The molecule has 2 aliphatic heterocycles. The maximum atomic E-state index is 12.1. The van der Waals surface area contributed by atoms with Crippen LogP contribution < -0.4 is 16.4 Å². The van der Waals surface area contributed by atoms with Gasteiger partial charge in [0.15, 0.2) is 0 Å². The first-order valence-corrected chi connectivity index (χ1v) is 6.94. The predicted octanol–water partition coefficient (Wildman–Crippen LogP) is 0.193. The smallest absolute Gasteiger partial charge is 0.270 e. The van der Waals surface area contributed by atoms with Crippen molar-refractivity contribution in [1.82, 2.24) is 15.6 Å². The molecule has 0 aromatic carbocycles. The van der Waals surface area contributed by atoms with E-state index in [1.807, 2.05) is 0 Å². The Labute approximate surface area is 117 Å². The number of hydrogen-bond acceptors (Lipinski definition) is 4. The molecule has 0 spiro atoms. The third-order valence-corrected chi connectivity index (χ3v) is 4.09. The number of nitrogens with one attached hydrogen (secondary N) is 2. The summed E-state index contributed by atoms with van der Waals surface area (Å²) in [6.45, 7) is 0. The number of carbonyl (C=O) groups excluding carboxylic acids is 2. The quantitative estimate of drug-likeness (QED) is 0.733. The largest absolute Gasteiger partial charge is 0.366 e. The highest BCUT2D eigenvalue weighted by atomic mass is 16.2. The Kier molecular flexibility index (Phi) is 3.40. The summed E-state index contributed by atoms with van der Waals surface area (Å²) in [4.78, 5) is 27.1. The molecule has 2 aliphatic rings. The van der Waals surface area contributed by atoms with Gasteiger partial charge in [0.25, 0.3) is 5.91 Å². The molecule has 2 atom stereocenters. The minimum absolute atomic E-state index is 0.188. The Morgan fingerprint density at radius 1 is 1.25 bits per heavy atom. The molecular formula is C14H18N4O2. The second kappa shape index (κ2) is 5.20. The molecule has 2 fully saturated rings. The molecule has 0 saturated carbocycles. The molecule has 1 aromatic heterocycles. The Balaban J connectivity index is 1.62. The van der Waals surface area contributed by atoms with Crippen molar-refractivity contribution in [3.63, 3.8) is 0 Å². The van der Waals surface area contributed by atoms with Gasteiger partial charge in [0.1, 0.15) is 5.69 Å². The lowest BCUT2D eigenvalue weighted by Crippen LogP contribution is -2.48. The third-order valence-electron chi connectivity index (χ3n) is 4.09. The van der Waals surface area contributed by atoms with Crippen molar-refractivity contribution in [1.29, 1.82) is 0 Å². The van der Waals surface area contributed by atoms with Crippen LogP contribution in [0.25, 0.3) is 0 Å². The highest BCUT2D eigenvalue weighted by Gasteiger charge is 2.34. The molecule has 4 N–H and O–H groups in total. The number of aromatic nitrogens is 1. The SMILES string of the molecule is NC(=O)c1ccc(C(=O)NC2CC3CCC(C2)N3)nc1. The summed E-state index contributed by atoms with van der Waals surface area (Å²) < 4.78 is 0. The number of pyridine rings is 1. The number of primary amides is 1. The normalized spacial score (nSPS) is 28.1. The van der Waals surface area contributed by atoms with Crippen LogP contribution in [0.3, 0.4) is 0 Å². The molecule has 3 rings (SSSR count). The zero-order valence-corrected chi connectivity index (χ0v) is 11.1. The Morgan fingerprint density at radius 2 is 1.95 bits per heavy atom. The first-order chi connectivity index (χ1) is 9.61. The second-order valence-corrected chi connectivity index (χ2v) is 5.58. The molecule has 6 nitrogen and oxygen atoms in total. The van der Waals surface area contributed by atoms with Crippen LogP contribution in [0, 0.1) is 0 Å². The molecular weight excluding hydrogens is 256 g/mol. The van der Waals surface area contributed by atoms with Gasteiger partial charge < -0.3 is 16.4 Å². The molecule has 1 aromatic rings. The molecule has 2 saturated heterocycles. The van der Waals surface area contributed by atoms with E-state index < -0.39 is 5.91 Å². The van der Waals surface area contributed by atoms with Gasteiger partial charge in [-0.25, -0.2) is 0 Å². The lowest BCUT2D eigenvalue weighted by molar-refractivity contribution is 0.0916. The number of rotatable bonds is 3. The van der Waals surface area contributed by atoms with Crippen molar-refractivity contribution in [2.24, 2.45) is 5.73 Å². The third kappa shape index (κ3) is 2.65. The molecule has 20 heavy (non-hydrogen) atoms. The minimum atomic E-state index is -0.542. The van der Waals surface area contributed by atoms with Crippen molar-refractivity contribution in [2.45, 2.75) is 43.8 Å². The summed E-state index contributed by atoms with van der Waals surface area (Å²) in [6, 6.07) is 4.33. The summed E-state index contributed by atoms with van der Waals surface area (Å²) in [5, 5.41) is 6.56.